The lowest BCUT2D eigenvalue weighted by Crippen LogP contribution is -2.53. The Kier molecular flexibility index (Phi) is 9.58. The zero-order valence-electron chi connectivity index (χ0n) is 28.7. The standard InChI is InChI=1S/C42H44NO5P/c1-31(43(4)5)37(32-21-11-6-12-22-32)46-49-47-41(33-23-13-7-14-24-33,34-25-15-8-16-26-34)38-39(45-40(2,3)44-38)42(48-49,35-27-17-9-18-28-35)36-29-19-10-20-30-36/h6-31,37-39H,1-5H3/t31-,37-,38-,39-/m1/s1. The number of ether oxygens (including phenoxy) is 2. The second-order valence-corrected chi connectivity index (χ2v) is 14.5. The molecule has 7 heteroatoms. The van der Waals surface area contributed by atoms with Crippen LogP contribution in [-0.2, 0) is 34.2 Å². The molecule has 2 saturated heterocycles. The van der Waals surface area contributed by atoms with Gasteiger partial charge in [0.1, 0.15) is 18.3 Å². The molecule has 2 heterocycles. The normalized spacial score (nSPS) is 22.6. The zero-order chi connectivity index (χ0) is 34.1. The van der Waals surface area contributed by atoms with Crippen molar-refractivity contribution in [2.45, 2.75) is 62.1 Å². The van der Waals surface area contributed by atoms with E-state index < -0.39 is 37.8 Å². The molecule has 5 aromatic carbocycles. The molecule has 0 bridgehead atoms. The number of likely N-dealkylation sites (N-methyl/N-ethyl adjacent to an activating group) is 1. The smallest absolute Gasteiger partial charge is 0.336 e. The molecule has 0 aromatic heterocycles. The fraction of sp³-hybridized carbons (Fsp3) is 0.286. The lowest BCUT2D eigenvalue weighted by atomic mass is 9.72. The van der Waals surface area contributed by atoms with Crippen molar-refractivity contribution in [3.8, 4) is 0 Å². The Balaban J connectivity index is 1.53. The van der Waals surface area contributed by atoms with E-state index in [1.807, 2.05) is 105 Å². The van der Waals surface area contributed by atoms with Gasteiger partial charge in [0.05, 0.1) is 0 Å². The Morgan fingerprint density at radius 2 is 0.878 bits per heavy atom. The van der Waals surface area contributed by atoms with Crippen molar-refractivity contribution >= 4 is 8.60 Å². The maximum absolute atomic E-state index is 7.56. The van der Waals surface area contributed by atoms with Crippen molar-refractivity contribution in [3.05, 3.63) is 179 Å². The molecule has 2 aliphatic heterocycles. The van der Waals surface area contributed by atoms with Crippen molar-refractivity contribution in [2.75, 3.05) is 14.1 Å². The molecular formula is C42H44NO5P. The number of hydrogen-bond acceptors (Lipinski definition) is 6. The SMILES string of the molecule is C[C@H]([C@@H](OP1OC(c2ccccc2)(c2ccccc2)[C@@H]2OC(C)(C)O[C@H]2C(c2ccccc2)(c2ccccc2)O1)c1ccccc1)N(C)C. The summed E-state index contributed by atoms with van der Waals surface area (Å²) >= 11 is 0. The molecule has 0 amide bonds. The molecule has 0 N–H and O–H groups in total. The lowest BCUT2D eigenvalue weighted by Gasteiger charge is -2.41. The van der Waals surface area contributed by atoms with Crippen LogP contribution in [0, 0.1) is 0 Å². The second-order valence-electron chi connectivity index (χ2n) is 13.5. The average Bonchev–Trinajstić information content (AvgIpc) is 3.43. The maximum Gasteiger partial charge on any atom is 0.336 e. The summed E-state index contributed by atoms with van der Waals surface area (Å²) in [4.78, 5) is 2.16. The van der Waals surface area contributed by atoms with Gasteiger partial charge in [0.25, 0.3) is 0 Å². The molecular weight excluding hydrogens is 629 g/mol. The third-order valence-electron chi connectivity index (χ3n) is 9.73. The van der Waals surface area contributed by atoms with Crippen LogP contribution in [0.25, 0.3) is 0 Å². The van der Waals surface area contributed by atoms with Gasteiger partial charge in [0, 0.05) is 6.04 Å². The summed E-state index contributed by atoms with van der Waals surface area (Å²) in [6.45, 7) is 6.09. The second kappa shape index (κ2) is 13.9. The highest BCUT2D eigenvalue weighted by Crippen LogP contribution is 2.66. The molecule has 4 atom stereocenters. The largest absolute Gasteiger partial charge is 0.341 e. The molecule has 0 unspecified atom stereocenters. The van der Waals surface area contributed by atoms with E-state index >= 15 is 0 Å². The van der Waals surface area contributed by atoms with E-state index in [1.54, 1.807) is 0 Å². The molecule has 2 aliphatic rings. The number of nitrogens with zero attached hydrogens (tertiary/aromatic N) is 1. The fourth-order valence-corrected chi connectivity index (χ4v) is 8.84. The average molecular weight is 674 g/mol. The molecule has 2 fully saturated rings. The van der Waals surface area contributed by atoms with Gasteiger partial charge in [-0.2, -0.15) is 0 Å². The van der Waals surface area contributed by atoms with E-state index in [1.165, 1.54) is 0 Å². The first-order valence-corrected chi connectivity index (χ1v) is 18.0. The van der Waals surface area contributed by atoms with Crippen LogP contribution in [0.4, 0.5) is 0 Å². The summed E-state index contributed by atoms with van der Waals surface area (Å²) in [5.74, 6) is -0.960. The summed E-state index contributed by atoms with van der Waals surface area (Å²) in [6.07, 6.45) is -1.71. The summed E-state index contributed by atoms with van der Waals surface area (Å²) < 4.78 is 36.6. The predicted octanol–water partition coefficient (Wildman–Crippen LogP) is 9.38. The molecule has 252 valence electrons. The summed E-state index contributed by atoms with van der Waals surface area (Å²) in [5.41, 5.74) is 2.36. The molecule has 49 heavy (non-hydrogen) atoms. The first kappa shape index (κ1) is 33.8. The first-order valence-electron chi connectivity index (χ1n) is 16.9. The Labute approximate surface area is 291 Å². The molecule has 6 nitrogen and oxygen atoms in total. The van der Waals surface area contributed by atoms with E-state index in [-0.39, 0.29) is 12.1 Å². The first-order chi connectivity index (χ1) is 23.7. The van der Waals surface area contributed by atoms with Gasteiger partial charge in [-0.3, -0.25) is 9.05 Å². The van der Waals surface area contributed by atoms with Crippen molar-refractivity contribution in [1.29, 1.82) is 0 Å². The Morgan fingerprint density at radius 1 is 0.551 bits per heavy atom. The van der Waals surface area contributed by atoms with Gasteiger partial charge in [-0.25, -0.2) is 0 Å². The quantitative estimate of drug-likeness (QED) is 0.145. The van der Waals surface area contributed by atoms with Crippen molar-refractivity contribution in [2.24, 2.45) is 0 Å². The highest BCUT2D eigenvalue weighted by Gasteiger charge is 2.67. The van der Waals surface area contributed by atoms with Crippen LogP contribution in [0.2, 0.25) is 0 Å². The van der Waals surface area contributed by atoms with Gasteiger partial charge in [-0.1, -0.05) is 152 Å². The molecule has 0 spiro atoms. The summed E-state index contributed by atoms with van der Waals surface area (Å²) in [7, 11) is 2.00. The fourth-order valence-electron chi connectivity index (χ4n) is 7.13. The minimum Gasteiger partial charge on any atom is -0.341 e. The Bertz CT molecular complexity index is 1610. The third-order valence-corrected chi connectivity index (χ3v) is 11.0. The van der Waals surface area contributed by atoms with Crippen molar-refractivity contribution in [1.82, 2.24) is 4.90 Å². The zero-order valence-corrected chi connectivity index (χ0v) is 29.6. The predicted molar refractivity (Wildman–Crippen MR) is 194 cm³/mol. The van der Waals surface area contributed by atoms with Crippen LogP contribution < -0.4 is 0 Å². The topological polar surface area (TPSA) is 49.4 Å². The summed E-state index contributed by atoms with van der Waals surface area (Å²) in [5, 5.41) is 0. The molecule has 0 aliphatic carbocycles. The third kappa shape index (κ3) is 6.28. The van der Waals surface area contributed by atoms with Crippen LogP contribution in [0.3, 0.4) is 0 Å². The van der Waals surface area contributed by atoms with Gasteiger partial charge < -0.3 is 18.9 Å². The van der Waals surface area contributed by atoms with Gasteiger partial charge in [-0.05, 0) is 62.7 Å². The Hall–Kier alpha value is -3.71. The van der Waals surface area contributed by atoms with Crippen molar-refractivity contribution in [3.63, 3.8) is 0 Å². The van der Waals surface area contributed by atoms with Crippen LogP contribution in [-0.4, -0.2) is 43.0 Å². The molecule has 0 saturated carbocycles. The van der Waals surface area contributed by atoms with Gasteiger partial charge in [0.15, 0.2) is 17.0 Å². The van der Waals surface area contributed by atoms with Crippen molar-refractivity contribution < 1.29 is 23.0 Å². The molecule has 5 aromatic rings. The van der Waals surface area contributed by atoms with E-state index in [9.17, 15) is 0 Å². The minimum absolute atomic E-state index is 0.0167. The summed E-state index contributed by atoms with van der Waals surface area (Å²) in [6, 6.07) is 51.5. The number of fused-ring (bicyclic) bond motifs is 1. The van der Waals surface area contributed by atoms with Crippen LogP contribution in [0.5, 0.6) is 0 Å². The van der Waals surface area contributed by atoms with E-state index in [0.717, 1.165) is 27.8 Å². The van der Waals surface area contributed by atoms with Gasteiger partial charge in [0.2, 0.25) is 0 Å². The Morgan fingerprint density at radius 3 is 1.20 bits per heavy atom. The van der Waals surface area contributed by atoms with Crippen LogP contribution >= 0.6 is 8.60 Å². The van der Waals surface area contributed by atoms with Gasteiger partial charge in [-0.15, -0.1) is 0 Å². The molecule has 7 rings (SSSR count). The van der Waals surface area contributed by atoms with E-state index in [0.29, 0.717) is 0 Å². The number of hydrogen-bond donors (Lipinski definition) is 0. The number of rotatable bonds is 9. The maximum atomic E-state index is 7.56. The van der Waals surface area contributed by atoms with Crippen LogP contribution in [0.15, 0.2) is 152 Å². The highest BCUT2D eigenvalue weighted by atomic mass is 31.2. The van der Waals surface area contributed by atoms with Gasteiger partial charge >= 0.3 is 8.60 Å². The van der Waals surface area contributed by atoms with E-state index in [2.05, 4.69) is 86.6 Å². The number of benzene rings is 5. The van der Waals surface area contributed by atoms with E-state index in [4.69, 9.17) is 23.0 Å². The minimum atomic E-state index is -2.13. The van der Waals surface area contributed by atoms with Crippen LogP contribution in [0.1, 0.15) is 54.7 Å². The monoisotopic (exact) mass is 673 g/mol. The lowest BCUT2D eigenvalue weighted by molar-refractivity contribution is -0.177. The highest BCUT2D eigenvalue weighted by molar-refractivity contribution is 7.41. The molecule has 0 radical (unpaired) electrons.